The Labute approximate surface area is 133 Å². The zero-order valence-corrected chi connectivity index (χ0v) is 14.4. The van der Waals surface area contributed by atoms with Crippen LogP contribution >= 0.6 is 24.0 Å². The van der Waals surface area contributed by atoms with Crippen LogP contribution in [0.25, 0.3) is 0 Å². The van der Waals surface area contributed by atoms with Gasteiger partial charge in [-0.15, -0.1) is 24.0 Å². The molecule has 0 unspecified atom stereocenters. The fourth-order valence-corrected chi connectivity index (χ4v) is 3.08. The van der Waals surface area contributed by atoms with Gasteiger partial charge in [-0.05, 0) is 38.8 Å². The SMILES string of the molecule is CN=C(NC)NCC1(N2CCCC2)CCOCC1.I. The van der Waals surface area contributed by atoms with Gasteiger partial charge in [-0.2, -0.15) is 0 Å². The van der Waals surface area contributed by atoms with E-state index in [2.05, 4.69) is 20.5 Å². The number of guanidine groups is 1. The van der Waals surface area contributed by atoms with E-state index in [0.29, 0.717) is 0 Å². The fourth-order valence-electron chi connectivity index (χ4n) is 3.08. The highest BCUT2D eigenvalue weighted by Gasteiger charge is 2.39. The van der Waals surface area contributed by atoms with Gasteiger partial charge in [-0.3, -0.25) is 9.89 Å². The van der Waals surface area contributed by atoms with Gasteiger partial charge in [0.15, 0.2) is 5.96 Å². The summed E-state index contributed by atoms with van der Waals surface area (Å²) in [7, 11) is 3.72. The molecule has 0 aromatic rings. The first-order valence-corrected chi connectivity index (χ1v) is 7.02. The first-order valence-electron chi connectivity index (χ1n) is 7.02. The Hall–Kier alpha value is -0.0800. The third kappa shape index (κ3) is 4.19. The van der Waals surface area contributed by atoms with Gasteiger partial charge in [-0.1, -0.05) is 0 Å². The molecule has 2 saturated heterocycles. The van der Waals surface area contributed by atoms with E-state index < -0.39 is 0 Å². The average molecular weight is 382 g/mol. The molecule has 0 bridgehead atoms. The van der Waals surface area contributed by atoms with Crippen molar-refractivity contribution in [3.63, 3.8) is 0 Å². The number of nitrogens with zero attached hydrogens (tertiary/aromatic N) is 2. The summed E-state index contributed by atoms with van der Waals surface area (Å²) < 4.78 is 5.54. The Morgan fingerprint density at radius 1 is 1.26 bits per heavy atom. The molecule has 2 N–H and O–H groups in total. The quantitative estimate of drug-likeness (QED) is 0.435. The number of halogens is 1. The van der Waals surface area contributed by atoms with E-state index >= 15 is 0 Å². The molecule has 0 spiro atoms. The summed E-state index contributed by atoms with van der Waals surface area (Å²) in [6.45, 7) is 5.20. The molecule has 0 aromatic carbocycles. The van der Waals surface area contributed by atoms with Gasteiger partial charge in [0.1, 0.15) is 0 Å². The van der Waals surface area contributed by atoms with Crippen molar-refractivity contribution in [1.29, 1.82) is 0 Å². The lowest BCUT2D eigenvalue weighted by atomic mass is 9.88. The molecular weight excluding hydrogens is 355 g/mol. The Balaban J connectivity index is 0.00000180. The number of ether oxygens (including phenoxy) is 1. The van der Waals surface area contributed by atoms with Gasteiger partial charge in [0, 0.05) is 39.4 Å². The molecule has 19 heavy (non-hydrogen) atoms. The number of nitrogens with one attached hydrogen (secondary N) is 2. The Bertz CT molecular complexity index is 286. The molecule has 0 aromatic heterocycles. The third-order valence-electron chi connectivity index (χ3n) is 4.25. The van der Waals surface area contributed by atoms with Gasteiger partial charge < -0.3 is 15.4 Å². The van der Waals surface area contributed by atoms with Crippen LogP contribution < -0.4 is 10.6 Å². The van der Waals surface area contributed by atoms with Crippen molar-refractivity contribution in [2.24, 2.45) is 4.99 Å². The summed E-state index contributed by atoms with van der Waals surface area (Å²) in [6, 6.07) is 0. The average Bonchev–Trinajstić information content (AvgIpc) is 2.95. The van der Waals surface area contributed by atoms with Gasteiger partial charge in [0.2, 0.25) is 0 Å². The van der Waals surface area contributed by atoms with Crippen LogP contribution in [0, 0.1) is 0 Å². The predicted molar refractivity (Wildman–Crippen MR) is 89.4 cm³/mol. The smallest absolute Gasteiger partial charge is 0.190 e. The minimum atomic E-state index is 0. The van der Waals surface area contributed by atoms with E-state index in [-0.39, 0.29) is 29.5 Å². The number of hydrogen-bond donors (Lipinski definition) is 2. The monoisotopic (exact) mass is 382 g/mol. The van der Waals surface area contributed by atoms with Crippen LogP contribution in [0.3, 0.4) is 0 Å². The second kappa shape index (κ2) is 8.26. The van der Waals surface area contributed by atoms with Crippen molar-refractivity contribution < 1.29 is 4.74 Å². The van der Waals surface area contributed by atoms with Crippen LogP contribution in [0.1, 0.15) is 25.7 Å². The molecule has 2 aliphatic rings. The topological polar surface area (TPSA) is 48.9 Å². The first kappa shape index (κ1) is 17.0. The van der Waals surface area contributed by atoms with E-state index in [1.807, 2.05) is 14.1 Å². The van der Waals surface area contributed by atoms with Gasteiger partial charge in [0.05, 0.1) is 0 Å². The lowest BCUT2D eigenvalue weighted by Gasteiger charge is -2.44. The van der Waals surface area contributed by atoms with Crippen molar-refractivity contribution in [3.05, 3.63) is 0 Å². The molecule has 2 fully saturated rings. The van der Waals surface area contributed by atoms with Crippen molar-refractivity contribution in [3.8, 4) is 0 Å². The van der Waals surface area contributed by atoms with Crippen LogP contribution in [0.5, 0.6) is 0 Å². The zero-order chi connectivity index (χ0) is 12.8. The Morgan fingerprint density at radius 2 is 1.89 bits per heavy atom. The molecule has 0 atom stereocenters. The number of hydrogen-bond acceptors (Lipinski definition) is 3. The molecule has 0 amide bonds. The molecule has 5 nitrogen and oxygen atoms in total. The second-order valence-electron chi connectivity index (χ2n) is 5.21. The van der Waals surface area contributed by atoms with Gasteiger partial charge in [0.25, 0.3) is 0 Å². The van der Waals surface area contributed by atoms with E-state index in [9.17, 15) is 0 Å². The highest BCUT2D eigenvalue weighted by atomic mass is 127. The molecule has 0 saturated carbocycles. The van der Waals surface area contributed by atoms with Gasteiger partial charge in [-0.25, -0.2) is 0 Å². The molecule has 0 radical (unpaired) electrons. The van der Waals surface area contributed by atoms with Crippen LogP contribution in [-0.2, 0) is 4.74 Å². The summed E-state index contributed by atoms with van der Waals surface area (Å²) in [5.74, 6) is 0.875. The minimum absolute atomic E-state index is 0. The van der Waals surface area contributed by atoms with Crippen LogP contribution in [0.4, 0.5) is 0 Å². The van der Waals surface area contributed by atoms with Gasteiger partial charge >= 0.3 is 0 Å². The number of rotatable bonds is 3. The maximum Gasteiger partial charge on any atom is 0.190 e. The van der Waals surface area contributed by atoms with Crippen molar-refractivity contribution in [1.82, 2.24) is 15.5 Å². The largest absolute Gasteiger partial charge is 0.381 e. The first-order chi connectivity index (χ1) is 8.80. The molecule has 0 aliphatic carbocycles. The molecule has 2 aliphatic heterocycles. The zero-order valence-electron chi connectivity index (χ0n) is 12.1. The standard InChI is InChI=1S/C13H26N4O.HI/c1-14-12(15-2)16-11-13(5-9-18-10-6-13)17-7-3-4-8-17;/h3-11H2,1-2H3,(H2,14,15,16);1H. The Kier molecular flexibility index (Phi) is 7.38. The maximum atomic E-state index is 5.54. The molecular formula is C13H27IN4O. The molecule has 112 valence electrons. The summed E-state index contributed by atoms with van der Waals surface area (Å²) >= 11 is 0. The van der Waals surface area contributed by atoms with Crippen LogP contribution in [0.2, 0.25) is 0 Å². The Morgan fingerprint density at radius 3 is 2.42 bits per heavy atom. The van der Waals surface area contributed by atoms with Crippen molar-refractivity contribution in [2.75, 3.05) is 46.9 Å². The maximum absolute atomic E-state index is 5.54. The van der Waals surface area contributed by atoms with Crippen LogP contribution in [-0.4, -0.2) is 63.3 Å². The van der Waals surface area contributed by atoms with Crippen LogP contribution in [0.15, 0.2) is 4.99 Å². The van der Waals surface area contributed by atoms with E-state index in [4.69, 9.17) is 4.74 Å². The normalized spacial score (nSPS) is 23.8. The molecule has 2 heterocycles. The van der Waals surface area contributed by atoms with Crippen molar-refractivity contribution in [2.45, 2.75) is 31.2 Å². The summed E-state index contributed by atoms with van der Waals surface area (Å²) in [5, 5.41) is 6.54. The fraction of sp³-hybridized carbons (Fsp3) is 0.923. The highest BCUT2D eigenvalue weighted by molar-refractivity contribution is 14.0. The second-order valence-corrected chi connectivity index (χ2v) is 5.21. The summed E-state index contributed by atoms with van der Waals surface area (Å²) in [6.07, 6.45) is 4.92. The number of aliphatic imine (C=N–C) groups is 1. The lowest BCUT2D eigenvalue weighted by Crippen LogP contribution is -2.58. The van der Waals surface area contributed by atoms with Crippen molar-refractivity contribution >= 4 is 29.9 Å². The summed E-state index contributed by atoms with van der Waals surface area (Å²) in [4.78, 5) is 6.85. The van der Waals surface area contributed by atoms with E-state index in [1.165, 1.54) is 25.9 Å². The third-order valence-corrected chi connectivity index (χ3v) is 4.25. The van der Waals surface area contributed by atoms with E-state index in [0.717, 1.165) is 38.6 Å². The summed E-state index contributed by atoms with van der Waals surface area (Å²) in [5.41, 5.74) is 0.265. The minimum Gasteiger partial charge on any atom is -0.381 e. The lowest BCUT2D eigenvalue weighted by molar-refractivity contribution is -0.0163. The molecule has 2 rings (SSSR count). The number of likely N-dealkylation sites (tertiary alicyclic amines) is 1. The van der Waals surface area contributed by atoms with E-state index in [1.54, 1.807) is 0 Å². The molecule has 6 heteroatoms. The predicted octanol–water partition coefficient (Wildman–Crippen LogP) is 1.04. The highest BCUT2D eigenvalue weighted by Crippen LogP contribution is 2.30.